The van der Waals surface area contributed by atoms with Crippen LogP contribution in [0.4, 0.5) is 0 Å². The first-order chi connectivity index (χ1) is 15.2. The van der Waals surface area contributed by atoms with E-state index in [0.717, 1.165) is 38.5 Å². The van der Waals surface area contributed by atoms with Gasteiger partial charge in [0.25, 0.3) is 0 Å². The molecule has 0 spiro atoms. The molecule has 0 bridgehead atoms. The minimum absolute atomic E-state index is 0. The first-order valence-corrected chi connectivity index (χ1v) is 13.6. The molecule has 206 valence electrons. The maximum absolute atomic E-state index is 12.1. The fourth-order valence-electron chi connectivity index (χ4n) is 5.06. The maximum atomic E-state index is 12.1. The van der Waals surface area contributed by atoms with Crippen molar-refractivity contribution in [2.24, 2.45) is 10.8 Å². The normalized spacial score (nSPS) is 11.5. The molecule has 6 heteroatoms. The van der Waals surface area contributed by atoms with E-state index in [2.05, 4.69) is 13.8 Å². The molecule has 0 aliphatic carbocycles. The number of hydrogen-bond acceptors (Lipinski definition) is 4. The Labute approximate surface area is 211 Å². The zero-order valence-electron chi connectivity index (χ0n) is 23.8. The molecule has 0 aromatic rings. The Hall–Kier alpha value is -1.14. The lowest BCUT2D eigenvalue weighted by atomic mass is 9.58. The predicted octanol–water partition coefficient (Wildman–Crippen LogP) is 7.09. The first-order valence-electron chi connectivity index (χ1n) is 13.6. The van der Waals surface area contributed by atoms with E-state index in [-0.39, 0.29) is 18.7 Å². The van der Waals surface area contributed by atoms with E-state index in [0.29, 0.717) is 6.42 Å². The highest BCUT2D eigenvalue weighted by molar-refractivity contribution is 5.73. The fourth-order valence-corrected chi connectivity index (χ4v) is 5.06. The molecule has 0 unspecified atom stereocenters. The Kier molecular flexibility index (Phi) is 24.6. The molecule has 0 aromatic carbocycles. The van der Waals surface area contributed by atoms with Crippen LogP contribution in [0.15, 0.2) is 0 Å². The summed E-state index contributed by atoms with van der Waals surface area (Å²) in [6.07, 6.45) is 20.9. The quantitative estimate of drug-likeness (QED) is 0.147. The van der Waals surface area contributed by atoms with Gasteiger partial charge in [-0.3, -0.25) is 0 Å². The topological polar surface area (TPSA) is 153 Å². The molecule has 0 radical (unpaired) electrons. The fraction of sp³-hybridized carbons (Fsp3) is 0.929. The van der Waals surface area contributed by atoms with E-state index in [4.69, 9.17) is 0 Å². The van der Waals surface area contributed by atoms with Gasteiger partial charge in [0.2, 0.25) is 0 Å². The van der Waals surface area contributed by atoms with Crippen LogP contribution in [0.3, 0.4) is 0 Å². The van der Waals surface area contributed by atoms with Crippen LogP contribution in [-0.4, -0.2) is 11.9 Å². The van der Waals surface area contributed by atoms with Gasteiger partial charge < -0.3 is 32.1 Å². The van der Waals surface area contributed by atoms with Crippen LogP contribution in [0.1, 0.15) is 156 Å². The zero-order valence-corrected chi connectivity index (χ0v) is 23.8. The molecule has 0 saturated carbocycles. The van der Waals surface area contributed by atoms with Crippen molar-refractivity contribution in [2.75, 3.05) is 0 Å². The Bertz CT molecular complexity index is 475. The van der Waals surface area contributed by atoms with E-state index in [1.165, 1.54) is 77.0 Å². The minimum Gasteiger partial charge on any atom is -0.550 e. The molecule has 0 amide bonds. The van der Waals surface area contributed by atoms with Gasteiger partial charge in [0.05, 0.1) is 0 Å². The maximum Gasteiger partial charge on any atom is 0.0476 e. The smallest absolute Gasteiger partial charge is 0.0476 e. The van der Waals surface area contributed by atoms with Crippen LogP contribution >= 0.6 is 0 Å². The Balaban J connectivity index is -0.00000480. The average molecular weight is 489 g/mol. The molecule has 34 heavy (non-hydrogen) atoms. The Morgan fingerprint density at radius 1 is 0.559 bits per heavy atom. The second kappa shape index (κ2) is 22.3. The molecule has 0 aliphatic heterocycles. The van der Waals surface area contributed by atoms with E-state index in [1.54, 1.807) is 13.8 Å². The van der Waals surface area contributed by atoms with E-state index in [1.807, 2.05) is 0 Å². The molecule has 0 rings (SSSR count). The summed E-state index contributed by atoms with van der Waals surface area (Å²) in [6.45, 7) is 7.93. The highest BCUT2D eigenvalue weighted by Crippen LogP contribution is 2.50. The minimum atomic E-state index is -1.09. The summed E-state index contributed by atoms with van der Waals surface area (Å²) in [5.74, 6) is -2.15. The summed E-state index contributed by atoms with van der Waals surface area (Å²) in [5.41, 5.74) is -1.60. The molecule has 0 saturated heterocycles. The zero-order chi connectivity index (χ0) is 24.3. The highest BCUT2D eigenvalue weighted by Gasteiger charge is 2.44. The number of unbranched alkanes of at least 4 members (excludes halogenated alkanes) is 14. The number of carboxylic acid groups (broad SMARTS) is 2. The number of quaternary nitrogens is 2. The van der Waals surface area contributed by atoms with Gasteiger partial charge in [0, 0.05) is 17.4 Å². The van der Waals surface area contributed by atoms with Gasteiger partial charge in [-0.25, -0.2) is 0 Å². The summed E-state index contributed by atoms with van der Waals surface area (Å²) in [7, 11) is 0. The van der Waals surface area contributed by atoms with Crippen molar-refractivity contribution >= 4 is 11.9 Å². The summed E-state index contributed by atoms with van der Waals surface area (Å²) in [4.78, 5) is 23.4. The van der Waals surface area contributed by atoms with E-state index >= 15 is 0 Å². The number of hydrogen-bond donors (Lipinski definition) is 2. The third-order valence-corrected chi connectivity index (χ3v) is 7.66. The van der Waals surface area contributed by atoms with Crippen molar-refractivity contribution in [3.8, 4) is 0 Å². The molecule has 8 N–H and O–H groups in total. The third-order valence-electron chi connectivity index (χ3n) is 7.66. The van der Waals surface area contributed by atoms with Crippen LogP contribution in [0.5, 0.6) is 0 Å². The SMILES string of the molecule is CCCCCCCCCCC(CCCCCCCCCC)(CCC(=O)[O-])C(C)(C)C(=O)[O-].[NH4+].[NH4+]. The molecule has 0 atom stereocenters. The second-order valence-corrected chi connectivity index (χ2v) is 10.5. The van der Waals surface area contributed by atoms with Crippen molar-refractivity contribution in [1.29, 1.82) is 0 Å². The molecule has 0 aromatic heterocycles. The van der Waals surface area contributed by atoms with Gasteiger partial charge in [-0.05, 0) is 31.1 Å². The molecule has 0 heterocycles. The van der Waals surface area contributed by atoms with Gasteiger partial charge >= 0.3 is 0 Å². The van der Waals surface area contributed by atoms with Gasteiger partial charge in [-0.2, -0.15) is 0 Å². The molecular formula is C28H60N2O4. The van der Waals surface area contributed by atoms with E-state index in [9.17, 15) is 19.8 Å². The van der Waals surface area contributed by atoms with Crippen molar-refractivity contribution in [2.45, 2.75) is 156 Å². The van der Waals surface area contributed by atoms with Crippen molar-refractivity contribution in [1.82, 2.24) is 12.3 Å². The summed E-state index contributed by atoms with van der Waals surface area (Å²) in [5, 5.41) is 23.4. The Morgan fingerprint density at radius 2 is 0.882 bits per heavy atom. The lowest BCUT2D eigenvalue weighted by molar-refractivity contribution is -0.325. The lowest BCUT2D eigenvalue weighted by Gasteiger charge is -2.49. The highest BCUT2D eigenvalue weighted by atomic mass is 16.4. The van der Waals surface area contributed by atoms with Gasteiger partial charge in [-0.15, -0.1) is 0 Å². The van der Waals surface area contributed by atoms with Crippen molar-refractivity contribution < 1.29 is 19.8 Å². The number of carbonyl (C=O) groups is 2. The molecular weight excluding hydrogens is 428 g/mol. The summed E-state index contributed by atoms with van der Waals surface area (Å²) in [6, 6.07) is 0. The van der Waals surface area contributed by atoms with Crippen LogP contribution in [0.25, 0.3) is 0 Å². The van der Waals surface area contributed by atoms with Crippen LogP contribution in [0, 0.1) is 10.8 Å². The van der Waals surface area contributed by atoms with Gasteiger partial charge in [0.1, 0.15) is 0 Å². The van der Waals surface area contributed by atoms with Crippen molar-refractivity contribution in [3.63, 3.8) is 0 Å². The number of carboxylic acids is 2. The van der Waals surface area contributed by atoms with Crippen molar-refractivity contribution in [3.05, 3.63) is 0 Å². The number of rotatable bonds is 23. The third kappa shape index (κ3) is 15.7. The second-order valence-electron chi connectivity index (χ2n) is 10.5. The monoisotopic (exact) mass is 488 g/mol. The van der Waals surface area contributed by atoms with Crippen LogP contribution in [-0.2, 0) is 9.59 Å². The molecule has 0 fully saturated rings. The van der Waals surface area contributed by atoms with Crippen LogP contribution in [0.2, 0.25) is 0 Å². The summed E-state index contributed by atoms with van der Waals surface area (Å²) < 4.78 is 0. The molecule has 6 nitrogen and oxygen atoms in total. The van der Waals surface area contributed by atoms with Crippen LogP contribution < -0.4 is 22.5 Å². The first kappa shape index (κ1) is 37.4. The largest absolute Gasteiger partial charge is 0.550 e. The van der Waals surface area contributed by atoms with E-state index < -0.39 is 22.8 Å². The standard InChI is InChI=1S/C28H54O4.2H3N/c1-5-7-9-11-13-15-17-19-22-28(24-21-25(29)30,27(3,4)26(31)32)23-20-18-16-14-12-10-8-6-2;;/h5-24H2,1-4H3,(H,29,30)(H,31,32);2*1H3. The number of aliphatic carboxylic acids is 2. The van der Waals surface area contributed by atoms with Gasteiger partial charge in [-0.1, -0.05) is 130 Å². The average Bonchev–Trinajstić information content (AvgIpc) is 2.74. The van der Waals surface area contributed by atoms with Gasteiger partial charge in [0.15, 0.2) is 0 Å². The molecule has 0 aliphatic rings. The summed E-state index contributed by atoms with van der Waals surface area (Å²) >= 11 is 0. The number of carbonyl (C=O) groups excluding carboxylic acids is 2. The lowest BCUT2D eigenvalue weighted by Crippen LogP contribution is -2.50. The Morgan fingerprint density at radius 3 is 1.18 bits per heavy atom. The predicted molar refractivity (Wildman–Crippen MR) is 142 cm³/mol.